The summed E-state index contributed by atoms with van der Waals surface area (Å²) in [5.41, 5.74) is 7.42. The summed E-state index contributed by atoms with van der Waals surface area (Å²) in [6, 6.07) is 7.49. The Kier molecular flexibility index (Phi) is 3.47. The van der Waals surface area contributed by atoms with Crippen LogP contribution in [0.15, 0.2) is 36.9 Å². The molecular formula is C14H17N5O. The van der Waals surface area contributed by atoms with E-state index in [-0.39, 0.29) is 11.9 Å². The molecule has 2 N–H and O–H groups in total. The summed E-state index contributed by atoms with van der Waals surface area (Å²) >= 11 is 0. The van der Waals surface area contributed by atoms with Crippen LogP contribution < -0.4 is 5.73 Å². The fourth-order valence-electron chi connectivity index (χ4n) is 2.50. The smallest absolute Gasteiger partial charge is 0.253 e. The van der Waals surface area contributed by atoms with Crippen LogP contribution in [0.4, 0.5) is 0 Å². The van der Waals surface area contributed by atoms with Crippen LogP contribution in [0.25, 0.3) is 5.69 Å². The van der Waals surface area contributed by atoms with Gasteiger partial charge < -0.3 is 10.6 Å². The van der Waals surface area contributed by atoms with E-state index in [2.05, 4.69) is 10.1 Å². The third-order valence-electron chi connectivity index (χ3n) is 3.52. The molecule has 1 fully saturated rings. The van der Waals surface area contributed by atoms with Crippen LogP contribution in [0.3, 0.4) is 0 Å². The maximum Gasteiger partial charge on any atom is 0.253 e. The van der Waals surface area contributed by atoms with E-state index in [1.165, 1.54) is 6.33 Å². The lowest BCUT2D eigenvalue weighted by atomic mass is 10.1. The van der Waals surface area contributed by atoms with Crippen LogP contribution in [-0.4, -0.2) is 44.7 Å². The molecule has 0 bridgehead atoms. The second kappa shape index (κ2) is 5.42. The van der Waals surface area contributed by atoms with Gasteiger partial charge in [0.1, 0.15) is 12.7 Å². The number of piperidine rings is 1. The second-order valence-electron chi connectivity index (χ2n) is 5.04. The molecule has 0 aliphatic carbocycles. The minimum Gasteiger partial charge on any atom is -0.337 e. The van der Waals surface area contributed by atoms with E-state index in [1.807, 2.05) is 29.2 Å². The zero-order valence-electron chi connectivity index (χ0n) is 11.1. The van der Waals surface area contributed by atoms with Crippen molar-refractivity contribution in [1.29, 1.82) is 0 Å². The molecular weight excluding hydrogens is 254 g/mol. The number of carbonyl (C=O) groups is 1. The molecule has 0 radical (unpaired) electrons. The molecule has 0 spiro atoms. The fourth-order valence-corrected chi connectivity index (χ4v) is 2.50. The molecule has 3 rings (SSSR count). The van der Waals surface area contributed by atoms with Crippen molar-refractivity contribution in [2.75, 3.05) is 13.1 Å². The highest BCUT2D eigenvalue weighted by molar-refractivity contribution is 5.94. The van der Waals surface area contributed by atoms with Crippen molar-refractivity contribution < 1.29 is 4.79 Å². The quantitative estimate of drug-likeness (QED) is 0.877. The van der Waals surface area contributed by atoms with E-state index >= 15 is 0 Å². The molecule has 1 aromatic carbocycles. The van der Waals surface area contributed by atoms with Gasteiger partial charge >= 0.3 is 0 Å². The van der Waals surface area contributed by atoms with Crippen LogP contribution in [0, 0.1) is 0 Å². The number of amides is 1. The Balaban J connectivity index is 1.83. The zero-order valence-corrected chi connectivity index (χ0v) is 11.1. The molecule has 2 heterocycles. The van der Waals surface area contributed by atoms with Crippen molar-refractivity contribution in [3.63, 3.8) is 0 Å². The van der Waals surface area contributed by atoms with Crippen LogP contribution in [-0.2, 0) is 0 Å². The van der Waals surface area contributed by atoms with Crippen molar-refractivity contribution in [2.24, 2.45) is 5.73 Å². The topological polar surface area (TPSA) is 77.0 Å². The first-order valence-electron chi connectivity index (χ1n) is 6.74. The molecule has 0 saturated carbocycles. The number of benzene rings is 1. The lowest BCUT2D eigenvalue weighted by Crippen LogP contribution is -2.45. The van der Waals surface area contributed by atoms with Crippen LogP contribution in [0.1, 0.15) is 23.2 Å². The van der Waals surface area contributed by atoms with E-state index in [9.17, 15) is 4.79 Å². The van der Waals surface area contributed by atoms with Gasteiger partial charge in [-0.3, -0.25) is 4.79 Å². The number of nitrogens with two attached hydrogens (primary N) is 1. The summed E-state index contributed by atoms with van der Waals surface area (Å²) in [5.74, 6) is 0.0297. The molecule has 1 aliphatic heterocycles. The SMILES string of the molecule is N[C@H]1CCCN(C(=O)c2cccc(-n3cncn3)c2)C1. The Hall–Kier alpha value is -2.21. The third-order valence-corrected chi connectivity index (χ3v) is 3.52. The van der Waals surface area contributed by atoms with Gasteiger partial charge in [-0.25, -0.2) is 9.67 Å². The molecule has 2 aromatic rings. The van der Waals surface area contributed by atoms with Crippen LogP contribution >= 0.6 is 0 Å². The van der Waals surface area contributed by atoms with Gasteiger partial charge in [0.25, 0.3) is 5.91 Å². The van der Waals surface area contributed by atoms with Gasteiger partial charge in [-0.15, -0.1) is 0 Å². The largest absolute Gasteiger partial charge is 0.337 e. The number of rotatable bonds is 2. The average molecular weight is 271 g/mol. The first-order valence-corrected chi connectivity index (χ1v) is 6.74. The zero-order chi connectivity index (χ0) is 13.9. The number of hydrogen-bond donors (Lipinski definition) is 1. The predicted molar refractivity (Wildman–Crippen MR) is 74.5 cm³/mol. The number of carbonyl (C=O) groups excluding carboxylic acids is 1. The van der Waals surface area contributed by atoms with Gasteiger partial charge in [0, 0.05) is 24.7 Å². The summed E-state index contributed by atoms with van der Waals surface area (Å²) in [5, 5.41) is 4.07. The molecule has 104 valence electrons. The van der Waals surface area contributed by atoms with E-state index in [4.69, 9.17) is 5.73 Å². The van der Waals surface area contributed by atoms with E-state index < -0.39 is 0 Å². The van der Waals surface area contributed by atoms with Crippen molar-refractivity contribution in [3.8, 4) is 5.69 Å². The van der Waals surface area contributed by atoms with Crippen molar-refractivity contribution >= 4 is 5.91 Å². The van der Waals surface area contributed by atoms with Crippen molar-refractivity contribution in [1.82, 2.24) is 19.7 Å². The molecule has 6 nitrogen and oxygen atoms in total. The van der Waals surface area contributed by atoms with Gasteiger partial charge in [0.2, 0.25) is 0 Å². The Morgan fingerprint density at radius 2 is 2.30 bits per heavy atom. The Morgan fingerprint density at radius 1 is 1.40 bits per heavy atom. The summed E-state index contributed by atoms with van der Waals surface area (Å²) in [6.07, 6.45) is 5.04. The highest BCUT2D eigenvalue weighted by Gasteiger charge is 2.22. The van der Waals surface area contributed by atoms with Crippen molar-refractivity contribution in [2.45, 2.75) is 18.9 Å². The number of hydrogen-bond acceptors (Lipinski definition) is 4. The lowest BCUT2D eigenvalue weighted by Gasteiger charge is -2.30. The summed E-state index contributed by atoms with van der Waals surface area (Å²) in [7, 11) is 0. The summed E-state index contributed by atoms with van der Waals surface area (Å²) in [4.78, 5) is 18.2. The van der Waals surface area contributed by atoms with Crippen LogP contribution in [0.5, 0.6) is 0 Å². The summed E-state index contributed by atoms with van der Waals surface area (Å²) in [6.45, 7) is 1.41. The predicted octanol–water partition coefficient (Wildman–Crippen LogP) is 0.831. The molecule has 20 heavy (non-hydrogen) atoms. The monoisotopic (exact) mass is 271 g/mol. The molecule has 0 unspecified atom stereocenters. The highest BCUT2D eigenvalue weighted by atomic mass is 16.2. The Labute approximate surface area is 117 Å². The highest BCUT2D eigenvalue weighted by Crippen LogP contribution is 2.15. The normalized spacial score (nSPS) is 19.1. The van der Waals surface area contributed by atoms with Crippen molar-refractivity contribution in [3.05, 3.63) is 42.5 Å². The van der Waals surface area contributed by atoms with Gasteiger partial charge in [0.05, 0.1) is 5.69 Å². The lowest BCUT2D eigenvalue weighted by molar-refractivity contribution is 0.0709. The molecule has 1 amide bonds. The first-order chi connectivity index (χ1) is 9.74. The fraction of sp³-hybridized carbons (Fsp3) is 0.357. The molecule has 1 aromatic heterocycles. The maximum atomic E-state index is 12.5. The van der Waals surface area contributed by atoms with Gasteiger partial charge in [-0.2, -0.15) is 5.10 Å². The van der Waals surface area contributed by atoms with E-state index in [1.54, 1.807) is 11.0 Å². The Morgan fingerprint density at radius 3 is 3.05 bits per heavy atom. The molecule has 1 aliphatic rings. The Bertz CT molecular complexity index is 595. The standard InChI is InChI=1S/C14H17N5O/c15-12-4-2-6-18(8-12)14(20)11-3-1-5-13(7-11)19-10-16-9-17-19/h1,3,5,7,9-10,12H,2,4,6,8,15H2/t12-/m0/s1. The molecule has 1 atom stereocenters. The van der Waals surface area contributed by atoms with E-state index in [0.717, 1.165) is 25.1 Å². The third kappa shape index (κ3) is 2.55. The second-order valence-corrected chi connectivity index (χ2v) is 5.04. The van der Waals surface area contributed by atoms with Gasteiger partial charge in [-0.05, 0) is 31.0 Å². The summed E-state index contributed by atoms with van der Waals surface area (Å²) < 4.78 is 1.64. The number of nitrogens with zero attached hydrogens (tertiary/aromatic N) is 4. The number of likely N-dealkylation sites (tertiary alicyclic amines) is 1. The minimum atomic E-state index is 0.0297. The maximum absolute atomic E-state index is 12.5. The first kappa shape index (κ1) is 12.8. The van der Waals surface area contributed by atoms with E-state index in [0.29, 0.717) is 12.1 Å². The van der Waals surface area contributed by atoms with Gasteiger partial charge in [-0.1, -0.05) is 6.07 Å². The number of aromatic nitrogens is 3. The minimum absolute atomic E-state index is 0.0297. The van der Waals surface area contributed by atoms with Crippen LogP contribution in [0.2, 0.25) is 0 Å². The van der Waals surface area contributed by atoms with Gasteiger partial charge in [0.15, 0.2) is 0 Å². The molecule has 1 saturated heterocycles. The average Bonchev–Trinajstić information content (AvgIpc) is 3.01. The molecule has 6 heteroatoms.